The van der Waals surface area contributed by atoms with Gasteiger partial charge in [0.2, 0.25) is 5.88 Å². The molecule has 2 N–H and O–H groups in total. The Bertz CT molecular complexity index is 1090. The van der Waals surface area contributed by atoms with Crippen molar-refractivity contribution >= 4 is 22.5 Å². The van der Waals surface area contributed by atoms with Crippen LogP contribution in [0, 0.1) is 17.1 Å². The minimum absolute atomic E-state index is 0.0324. The fraction of sp³-hybridized carbons (Fsp3) is 0.105. The number of benzene rings is 2. The van der Waals surface area contributed by atoms with Gasteiger partial charge in [-0.1, -0.05) is 23.7 Å². The van der Waals surface area contributed by atoms with Gasteiger partial charge < -0.3 is 15.0 Å². The normalized spacial score (nSPS) is 16.5. The van der Waals surface area contributed by atoms with E-state index >= 15 is 0 Å². The summed E-state index contributed by atoms with van der Waals surface area (Å²) >= 11 is 5.80. The van der Waals surface area contributed by atoms with Gasteiger partial charge in [-0.3, -0.25) is 0 Å². The predicted octanol–water partition coefficient (Wildman–Crippen LogP) is 4.19. The summed E-state index contributed by atoms with van der Waals surface area (Å²) in [6, 6.07) is 12.4. The maximum Gasteiger partial charge on any atom is 0.205 e. The fourth-order valence-corrected chi connectivity index (χ4v) is 3.42. The van der Waals surface area contributed by atoms with Gasteiger partial charge in [0, 0.05) is 24.2 Å². The molecule has 4 rings (SSSR count). The highest BCUT2D eigenvalue weighted by molar-refractivity contribution is 6.30. The van der Waals surface area contributed by atoms with Crippen molar-refractivity contribution in [3.63, 3.8) is 0 Å². The highest BCUT2D eigenvalue weighted by Gasteiger charge is 2.32. The standard InChI is InChI=1S/C19H13ClFN3O/c1-24-7-6-11-16(24)5-3-12-17(10-2-4-14(20)15(21)8-10)13(9-22)19(23)25-18(11)12/h2-8,17H,23H2,1H3. The van der Waals surface area contributed by atoms with Crippen LogP contribution in [0.15, 0.2) is 54.1 Å². The number of halogens is 2. The molecule has 0 spiro atoms. The van der Waals surface area contributed by atoms with Gasteiger partial charge in [0.25, 0.3) is 0 Å². The lowest BCUT2D eigenvalue weighted by Crippen LogP contribution is -2.21. The first-order valence-electron chi connectivity index (χ1n) is 7.61. The zero-order valence-electron chi connectivity index (χ0n) is 13.3. The molecule has 6 heteroatoms. The number of rotatable bonds is 1. The van der Waals surface area contributed by atoms with E-state index in [9.17, 15) is 9.65 Å². The minimum atomic E-state index is -0.538. The van der Waals surface area contributed by atoms with Crippen molar-refractivity contribution < 1.29 is 9.13 Å². The Morgan fingerprint density at radius 1 is 1.28 bits per heavy atom. The average Bonchev–Trinajstić information content (AvgIpc) is 2.98. The van der Waals surface area contributed by atoms with Crippen LogP contribution in [0.3, 0.4) is 0 Å². The first-order valence-corrected chi connectivity index (χ1v) is 7.99. The molecule has 1 atom stereocenters. The van der Waals surface area contributed by atoms with Crippen LogP contribution in [0.1, 0.15) is 17.0 Å². The van der Waals surface area contributed by atoms with E-state index in [1.807, 2.05) is 36.0 Å². The van der Waals surface area contributed by atoms with Gasteiger partial charge in [0.15, 0.2) is 0 Å². The van der Waals surface area contributed by atoms with Gasteiger partial charge in [-0.05, 0) is 29.8 Å². The molecule has 2 aromatic carbocycles. The van der Waals surface area contributed by atoms with Crippen LogP contribution in [0.2, 0.25) is 5.02 Å². The highest BCUT2D eigenvalue weighted by Crippen LogP contribution is 2.45. The molecule has 25 heavy (non-hydrogen) atoms. The number of fused-ring (bicyclic) bond motifs is 3. The van der Waals surface area contributed by atoms with E-state index < -0.39 is 11.7 Å². The van der Waals surface area contributed by atoms with E-state index in [1.54, 1.807) is 6.07 Å². The maximum absolute atomic E-state index is 14.0. The summed E-state index contributed by atoms with van der Waals surface area (Å²) in [6.45, 7) is 0. The second kappa shape index (κ2) is 5.54. The lowest BCUT2D eigenvalue weighted by molar-refractivity contribution is 0.398. The predicted molar refractivity (Wildman–Crippen MR) is 93.6 cm³/mol. The lowest BCUT2D eigenvalue weighted by Gasteiger charge is -2.27. The van der Waals surface area contributed by atoms with Gasteiger partial charge in [0.1, 0.15) is 23.2 Å². The number of allylic oxidation sites excluding steroid dienone is 1. The molecular weight excluding hydrogens is 341 g/mol. The zero-order chi connectivity index (χ0) is 17.7. The van der Waals surface area contributed by atoms with Gasteiger partial charge >= 0.3 is 0 Å². The van der Waals surface area contributed by atoms with Crippen LogP contribution < -0.4 is 10.5 Å². The molecule has 0 fully saturated rings. The molecule has 2 heterocycles. The van der Waals surface area contributed by atoms with E-state index in [0.717, 1.165) is 16.5 Å². The van der Waals surface area contributed by atoms with Gasteiger partial charge in [-0.25, -0.2) is 4.39 Å². The maximum atomic E-state index is 14.0. The number of aryl methyl sites for hydroxylation is 1. The van der Waals surface area contributed by atoms with Gasteiger partial charge in [-0.15, -0.1) is 0 Å². The second-order valence-electron chi connectivity index (χ2n) is 5.94. The van der Waals surface area contributed by atoms with E-state index in [2.05, 4.69) is 6.07 Å². The summed E-state index contributed by atoms with van der Waals surface area (Å²) in [5.41, 5.74) is 8.61. The fourth-order valence-electron chi connectivity index (χ4n) is 3.30. The van der Waals surface area contributed by atoms with Crippen molar-refractivity contribution in [3.8, 4) is 11.8 Å². The van der Waals surface area contributed by atoms with E-state index in [1.165, 1.54) is 12.1 Å². The number of hydrogen-bond acceptors (Lipinski definition) is 3. The first-order chi connectivity index (χ1) is 12.0. The van der Waals surface area contributed by atoms with Crippen molar-refractivity contribution in [1.29, 1.82) is 5.26 Å². The van der Waals surface area contributed by atoms with Crippen LogP contribution in [0.5, 0.6) is 5.75 Å². The molecule has 1 aliphatic rings. The molecule has 0 amide bonds. The Morgan fingerprint density at radius 2 is 2.08 bits per heavy atom. The van der Waals surface area contributed by atoms with Gasteiger partial charge in [-0.2, -0.15) is 5.26 Å². The Balaban J connectivity index is 2.01. The summed E-state index contributed by atoms with van der Waals surface area (Å²) in [7, 11) is 1.93. The average molecular weight is 354 g/mol. The molecule has 4 nitrogen and oxygen atoms in total. The molecule has 0 saturated heterocycles. The summed E-state index contributed by atoms with van der Waals surface area (Å²) in [6.07, 6.45) is 1.92. The Hall–Kier alpha value is -2.97. The smallest absolute Gasteiger partial charge is 0.205 e. The molecule has 0 saturated carbocycles. The summed E-state index contributed by atoms with van der Waals surface area (Å²) in [5, 5.41) is 10.5. The highest BCUT2D eigenvalue weighted by atomic mass is 35.5. The van der Waals surface area contributed by atoms with E-state index in [4.69, 9.17) is 22.1 Å². The monoisotopic (exact) mass is 353 g/mol. The number of aromatic nitrogens is 1. The Kier molecular flexibility index (Phi) is 3.45. The summed E-state index contributed by atoms with van der Waals surface area (Å²) in [4.78, 5) is 0. The van der Waals surface area contributed by atoms with Crippen LogP contribution in [-0.2, 0) is 7.05 Å². The number of hydrogen-bond donors (Lipinski definition) is 1. The lowest BCUT2D eigenvalue weighted by atomic mass is 9.83. The molecule has 124 valence electrons. The van der Waals surface area contributed by atoms with Crippen molar-refractivity contribution in [2.24, 2.45) is 12.8 Å². The van der Waals surface area contributed by atoms with E-state index in [-0.39, 0.29) is 16.5 Å². The third kappa shape index (κ3) is 2.26. The molecule has 0 radical (unpaired) electrons. The third-order valence-corrected chi connectivity index (χ3v) is 4.83. The molecular formula is C19H13ClFN3O. The number of nitriles is 1. The quantitative estimate of drug-likeness (QED) is 0.713. The second-order valence-corrected chi connectivity index (χ2v) is 6.35. The molecule has 3 aromatic rings. The molecule has 0 aliphatic carbocycles. The first kappa shape index (κ1) is 15.6. The number of ether oxygens (including phenoxy) is 1. The number of nitrogens with zero attached hydrogens (tertiary/aromatic N) is 2. The third-order valence-electron chi connectivity index (χ3n) is 4.52. The largest absolute Gasteiger partial charge is 0.439 e. The van der Waals surface area contributed by atoms with Crippen LogP contribution in [0.4, 0.5) is 4.39 Å². The summed E-state index contributed by atoms with van der Waals surface area (Å²) < 4.78 is 21.7. The van der Waals surface area contributed by atoms with Crippen LogP contribution in [0.25, 0.3) is 10.9 Å². The molecule has 1 aromatic heterocycles. The van der Waals surface area contributed by atoms with Crippen molar-refractivity contribution in [2.45, 2.75) is 5.92 Å². The molecule has 1 aliphatic heterocycles. The van der Waals surface area contributed by atoms with Crippen LogP contribution >= 0.6 is 11.6 Å². The topological polar surface area (TPSA) is 64.0 Å². The van der Waals surface area contributed by atoms with Crippen molar-refractivity contribution in [3.05, 3.63) is 76.0 Å². The summed E-state index contributed by atoms with van der Waals surface area (Å²) in [5.74, 6) is -0.421. The van der Waals surface area contributed by atoms with Gasteiger partial charge in [0.05, 0.1) is 16.5 Å². The van der Waals surface area contributed by atoms with Crippen LogP contribution in [-0.4, -0.2) is 4.57 Å². The zero-order valence-corrected chi connectivity index (χ0v) is 14.0. The van der Waals surface area contributed by atoms with Crippen molar-refractivity contribution in [1.82, 2.24) is 4.57 Å². The Labute approximate surface area is 148 Å². The number of nitrogens with two attached hydrogens (primary N) is 1. The van der Waals surface area contributed by atoms with Crippen molar-refractivity contribution in [2.75, 3.05) is 0 Å². The SMILES string of the molecule is Cn1ccc2c3c(ccc21)C(c1ccc(Cl)c(F)c1)C(C#N)=C(N)O3. The molecule has 1 unspecified atom stereocenters. The molecule has 0 bridgehead atoms. The Morgan fingerprint density at radius 3 is 2.80 bits per heavy atom. The minimum Gasteiger partial charge on any atom is -0.439 e. The van der Waals surface area contributed by atoms with E-state index in [0.29, 0.717) is 11.3 Å².